The first kappa shape index (κ1) is 12.9. The van der Waals surface area contributed by atoms with Crippen molar-refractivity contribution in [2.45, 2.75) is 32.1 Å². The van der Waals surface area contributed by atoms with E-state index in [1.165, 1.54) is 32.1 Å². The van der Waals surface area contributed by atoms with Crippen LogP contribution in [0.1, 0.15) is 32.1 Å². The normalized spacial score (nSPS) is 38.5. The molecular formula is C18H22N2O2. The predicted molar refractivity (Wildman–Crippen MR) is 82.6 cm³/mol. The minimum atomic E-state index is 0.249. The Labute approximate surface area is 130 Å². The van der Waals surface area contributed by atoms with Crippen molar-refractivity contribution >= 4 is 11.6 Å². The molecule has 0 N–H and O–H groups in total. The van der Waals surface area contributed by atoms with Crippen molar-refractivity contribution < 1.29 is 9.53 Å². The van der Waals surface area contributed by atoms with E-state index in [9.17, 15) is 4.79 Å². The molecule has 0 atom stereocenters. The molecule has 4 aliphatic carbocycles. The van der Waals surface area contributed by atoms with Crippen LogP contribution < -0.4 is 9.64 Å². The van der Waals surface area contributed by atoms with Crippen molar-refractivity contribution in [2.24, 2.45) is 29.6 Å². The van der Waals surface area contributed by atoms with Crippen molar-refractivity contribution in [2.75, 3.05) is 18.1 Å². The van der Waals surface area contributed by atoms with Crippen molar-refractivity contribution in [1.82, 2.24) is 4.98 Å². The van der Waals surface area contributed by atoms with Crippen LogP contribution in [0, 0.1) is 29.6 Å². The van der Waals surface area contributed by atoms with Crippen LogP contribution in [0.2, 0.25) is 0 Å². The minimum Gasteiger partial charge on any atom is -0.489 e. The number of rotatable bonds is 1. The highest BCUT2D eigenvalue weighted by molar-refractivity contribution is 5.97. The second kappa shape index (κ2) is 4.71. The van der Waals surface area contributed by atoms with Crippen LogP contribution in [0.3, 0.4) is 0 Å². The monoisotopic (exact) mass is 298 g/mol. The first-order chi connectivity index (χ1) is 10.8. The lowest BCUT2D eigenvalue weighted by molar-refractivity contribution is -0.135. The van der Waals surface area contributed by atoms with Crippen molar-refractivity contribution in [3.8, 4) is 5.75 Å². The lowest BCUT2D eigenvalue weighted by Crippen LogP contribution is -2.53. The van der Waals surface area contributed by atoms with Crippen LogP contribution in [0.25, 0.3) is 0 Å². The lowest BCUT2D eigenvalue weighted by atomic mass is 9.51. The van der Waals surface area contributed by atoms with Gasteiger partial charge < -0.3 is 9.64 Å². The third-order valence-corrected chi connectivity index (χ3v) is 6.40. The van der Waals surface area contributed by atoms with Gasteiger partial charge in [0.05, 0.1) is 12.7 Å². The zero-order valence-corrected chi connectivity index (χ0v) is 12.8. The number of hydrogen-bond donors (Lipinski definition) is 0. The maximum absolute atomic E-state index is 13.3. The van der Waals surface area contributed by atoms with Crippen LogP contribution in [0.4, 0.5) is 5.69 Å². The average molecular weight is 298 g/mol. The number of nitrogens with zero attached hydrogens (tertiary/aromatic N) is 2. The smallest absolute Gasteiger partial charge is 0.230 e. The van der Waals surface area contributed by atoms with Crippen molar-refractivity contribution in [1.29, 1.82) is 0 Å². The number of fused-ring (bicyclic) bond motifs is 1. The van der Waals surface area contributed by atoms with Gasteiger partial charge in [-0.3, -0.25) is 9.78 Å². The summed E-state index contributed by atoms with van der Waals surface area (Å²) in [4.78, 5) is 19.4. The molecule has 4 nitrogen and oxygen atoms in total. The van der Waals surface area contributed by atoms with Crippen LogP contribution in [-0.2, 0) is 4.79 Å². The SMILES string of the molecule is O=C(C1C2CC3CC(C2)CC1C3)N1CCOc2ccncc21. The molecule has 6 rings (SSSR count). The Morgan fingerprint density at radius 3 is 2.59 bits per heavy atom. The molecule has 4 heteroatoms. The number of ether oxygens (including phenoxy) is 1. The Kier molecular flexibility index (Phi) is 2.76. The van der Waals surface area contributed by atoms with Gasteiger partial charge in [0.25, 0.3) is 0 Å². The van der Waals surface area contributed by atoms with Gasteiger partial charge in [-0.15, -0.1) is 0 Å². The van der Waals surface area contributed by atoms with E-state index in [1.807, 2.05) is 11.0 Å². The van der Waals surface area contributed by atoms with Gasteiger partial charge in [0.1, 0.15) is 18.0 Å². The molecule has 1 aromatic heterocycles. The second-order valence-corrected chi connectivity index (χ2v) is 7.64. The first-order valence-corrected chi connectivity index (χ1v) is 8.68. The number of aromatic nitrogens is 1. The van der Waals surface area contributed by atoms with E-state index >= 15 is 0 Å². The fourth-order valence-electron chi connectivity index (χ4n) is 5.80. The van der Waals surface area contributed by atoms with E-state index in [2.05, 4.69) is 4.98 Å². The molecule has 0 aromatic carbocycles. The van der Waals surface area contributed by atoms with Crippen molar-refractivity contribution in [3.05, 3.63) is 18.5 Å². The quantitative estimate of drug-likeness (QED) is 0.800. The third-order valence-electron chi connectivity index (χ3n) is 6.40. The lowest BCUT2D eigenvalue weighted by Gasteiger charge is -2.54. The molecule has 1 aliphatic heterocycles. The minimum absolute atomic E-state index is 0.249. The van der Waals surface area contributed by atoms with E-state index < -0.39 is 0 Å². The summed E-state index contributed by atoms with van der Waals surface area (Å²) in [7, 11) is 0. The summed E-state index contributed by atoms with van der Waals surface area (Å²) in [5, 5.41) is 0. The summed E-state index contributed by atoms with van der Waals surface area (Å²) in [6.45, 7) is 1.26. The molecule has 4 saturated carbocycles. The molecule has 4 bridgehead atoms. The van der Waals surface area contributed by atoms with Gasteiger partial charge in [-0.2, -0.15) is 0 Å². The van der Waals surface area contributed by atoms with Crippen LogP contribution in [-0.4, -0.2) is 24.0 Å². The maximum Gasteiger partial charge on any atom is 0.230 e. The van der Waals surface area contributed by atoms with E-state index in [0.717, 1.165) is 23.3 Å². The number of pyridine rings is 1. The molecule has 2 heterocycles. The summed E-state index contributed by atoms with van der Waals surface area (Å²) >= 11 is 0. The third kappa shape index (κ3) is 1.82. The van der Waals surface area contributed by atoms with Gasteiger partial charge >= 0.3 is 0 Å². The van der Waals surface area contributed by atoms with Gasteiger partial charge in [0.15, 0.2) is 0 Å². The van der Waals surface area contributed by atoms with Gasteiger partial charge in [-0.1, -0.05) is 0 Å². The van der Waals surface area contributed by atoms with E-state index in [0.29, 0.717) is 30.9 Å². The standard InChI is InChI=1S/C18H22N2O2/c21-18(20-3-4-22-16-1-2-19-10-15(16)20)17-13-6-11-5-12(8-13)9-14(17)7-11/h1-2,10-14,17H,3-9H2. The molecule has 22 heavy (non-hydrogen) atoms. The Balaban J connectivity index is 1.46. The summed E-state index contributed by atoms with van der Waals surface area (Å²) in [6, 6.07) is 1.87. The number of amides is 1. The largest absolute Gasteiger partial charge is 0.489 e. The topological polar surface area (TPSA) is 42.4 Å². The molecule has 1 aromatic rings. The van der Waals surface area contributed by atoms with Crippen molar-refractivity contribution in [3.63, 3.8) is 0 Å². The Bertz CT molecular complexity index is 587. The molecule has 0 saturated heterocycles. The van der Waals surface area contributed by atoms with Gasteiger partial charge in [-0.25, -0.2) is 0 Å². The Morgan fingerprint density at radius 1 is 1.14 bits per heavy atom. The molecule has 0 spiro atoms. The van der Waals surface area contributed by atoms with Gasteiger partial charge in [0, 0.05) is 18.2 Å². The molecule has 1 amide bonds. The molecule has 5 aliphatic rings. The van der Waals surface area contributed by atoms with Crippen LogP contribution in [0.5, 0.6) is 5.75 Å². The first-order valence-electron chi connectivity index (χ1n) is 8.68. The molecule has 4 fully saturated rings. The summed E-state index contributed by atoms with van der Waals surface area (Å²) < 4.78 is 5.68. The maximum atomic E-state index is 13.3. The summed E-state index contributed by atoms with van der Waals surface area (Å²) in [5.41, 5.74) is 0.868. The second-order valence-electron chi connectivity index (χ2n) is 7.64. The van der Waals surface area contributed by atoms with Crippen LogP contribution in [0.15, 0.2) is 18.5 Å². The van der Waals surface area contributed by atoms with Crippen LogP contribution >= 0.6 is 0 Å². The van der Waals surface area contributed by atoms with Gasteiger partial charge in [0.2, 0.25) is 5.91 Å². The molecule has 0 unspecified atom stereocenters. The predicted octanol–water partition coefficient (Wildman–Crippen LogP) is 2.88. The average Bonchev–Trinajstić information content (AvgIpc) is 2.53. The Hall–Kier alpha value is -1.58. The zero-order chi connectivity index (χ0) is 14.7. The van der Waals surface area contributed by atoms with Gasteiger partial charge in [-0.05, 0) is 55.8 Å². The number of carbonyl (C=O) groups excluding carboxylic acids is 1. The number of hydrogen-bond acceptors (Lipinski definition) is 3. The van der Waals surface area contributed by atoms with E-state index in [-0.39, 0.29) is 5.92 Å². The highest BCUT2D eigenvalue weighted by atomic mass is 16.5. The summed E-state index contributed by atoms with van der Waals surface area (Å²) in [6.07, 6.45) is 10.1. The van der Waals surface area contributed by atoms with E-state index in [1.54, 1.807) is 12.4 Å². The summed E-state index contributed by atoms with van der Waals surface area (Å²) in [5.74, 6) is 4.47. The fourth-order valence-corrected chi connectivity index (χ4v) is 5.80. The molecular weight excluding hydrogens is 276 g/mol. The highest BCUT2D eigenvalue weighted by Crippen LogP contribution is 2.57. The zero-order valence-electron chi connectivity index (χ0n) is 12.8. The highest BCUT2D eigenvalue weighted by Gasteiger charge is 2.52. The molecule has 116 valence electrons. The Morgan fingerprint density at radius 2 is 1.86 bits per heavy atom. The molecule has 0 radical (unpaired) electrons. The number of carbonyl (C=O) groups is 1. The number of anilines is 1. The fraction of sp³-hybridized carbons (Fsp3) is 0.667. The van der Waals surface area contributed by atoms with E-state index in [4.69, 9.17) is 4.74 Å².